The minimum Gasteiger partial charge on any atom is -0.493 e. The fourth-order valence-electron chi connectivity index (χ4n) is 3.89. The first kappa shape index (κ1) is 28.1. The summed E-state index contributed by atoms with van der Waals surface area (Å²) in [5, 5.41) is 2.00. The molecule has 198 valence electrons. The van der Waals surface area contributed by atoms with Gasteiger partial charge in [0.1, 0.15) is 5.75 Å². The number of hydrogen-bond donors (Lipinski definition) is 0. The van der Waals surface area contributed by atoms with Crippen molar-refractivity contribution in [3.8, 4) is 17.2 Å². The van der Waals surface area contributed by atoms with Gasteiger partial charge in [-0.05, 0) is 53.6 Å². The topological polar surface area (TPSA) is 68.3 Å². The van der Waals surface area contributed by atoms with E-state index < -0.39 is 0 Å². The van der Waals surface area contributed by atoms with Crippen LogP contribution in [0.5, 0.6) is 17.2 Å². The van der Waals surface area contributed by atoms with Gasteiger partial charge >= 0.3 is 0 Å². The Kier molecular flexibility index (Phi) is 10.8. The number of carbonyl (C=O) groups excluding carboxylic acids is 2. The lowest BCUT2D eigenvalue weighted by Crippen LogP contribution is -2.46. The van der Waals surface area contributed by atoms with Crippen LogP contribution in [-0.4, -0.2) is 62.1 Å². The Morgan fingerprint density at radius 3 is 2.30 bits per heavy atom. The van der Waals surface area contributed by atoms with E-state index in [4.69, 9.17) is 14.2 Å². The molecule has 3 aromatic rings. The van der Waals surface area contributed by atoms with Gasteiger partial charge in [-0.15, -0.1) is 11.3 Å². The van der Waals surface area contributed by atoms with Crippen molar-refractivity contribution in [1.82, 2.24) is 9.80 Å². The molecular weight excluding hydrogens is 488 g/mol. The summed E-state index contributed by atoms with van der Waals surface area (Å²) in [5.41, 5.74) is 1.04. The molecular formula is C29H36N2O5S. The van der Waals surface area contributed by atoms with E-state index in [1.54, 1.807) is 30.5 Å². The molecule has 1 heterocycles. The normalized spacial score (nSPS) is 10.7. The summed E-state index contributed by atoms with van der Waals surface area (Å²) in [5.74, 6) is 1.86. The van der Waals surface area contributed by atoms with Crippen LogP contribution in [0.2, 0.25) is 0 Å². The lowest BCUT2D eigenvalue weighted by molar-refractivity contribution is -0.142. The lowest BCUT2D eigenvalue weighted by Gasteiger charge is -2.28. The molecule has 0 atom stereocenters. The van der Waals surface area contributed by atoms with Gasteiger partial charge in [-0.2, -0.15) is 0 Å². The van der Waals surface area contributed by atoms with Crippen molar-refractivity contribution in [2.75, 3.05) is 40.5 Å². The van der Waals surface area contributed by atoms with E-state index in [1.165, 1.54) is 0 Å². The highest BCUT2D eigenvalue weighted by Crippen LogP contribution is 2.28. The van der Waals surface area contributed by atoms with Gasteiger partial charge in [0.05, 0.1) is 27.3 Å². The molecule has 2 aromatic carbocycles. The van der Waals surface area contributed by atoms with E-state index in [0.717, 1.165) is 10.4 Å². The minimum absolute atomic E-state index is 0.00642. The zero-order chi connectivity index (χ0) is 26.6. The Hall–Kier alpha value is -3.52. The summed E-state index contributed by atoms with van der Waals surface area (Å²) in [6.45, 7) is 5.44. The van der Waals surface area contributed by atoms with Gasteiger partial charge in [0.15, 0.2) is 18.1 Å². The summed E-state index contributed by atoms with van der Waals surface area (Å²) in [4.78, 5) is 31.1. The maximum Gasteiger partial charge on any atom is 0.260 e. The predicted octanol–water partition coefficient (Wildman–Crippen LogP) is 4.90. The summed E-state index contributed by atoms with van der Waals surface area (Å²) >= 11 is 1.61. The highest BCUT2D eigenvalue weighted by atomic mass is 32.1. The number of benzene rings is 2. The van der Waals surface area contributed by atoms with E-state index in [9.17, 15) is 9.59 Å². The van der Waals surface area contributed by atoms with Gasteiger partial charge in [-0.25, -0.2) is 0 Å². The smallest absolute Gasteiger partial charge is 0.260 e. The molecule has 0 saturated heterocycles. The van der Waals surface area contributed by atoms with Gasteiger partial charge < -0.3 is 24.0 Å². The van der Waals surface area contributed by atoms with Crippen LogP contribution in [0, 0.1) is 5.92 Å². The maximum absolute atomic E-state index is 13.5. The van der Waals surface area contributed by atoms with Crippen molar-refractivity contribution in [3.05, 3.63) is 76.5 Å². The molecule has 0 radical (unpaired) electrons. The standard InChI is InChI=1S/C29H36N2O5S/c1-22(2)18-31(29(33)21-36-24-9-6-5-7-10-24)20-28(32)30(19-25-11-8-16-37-25)15-14-23-12-13-26(34-3)27(17-23)35-4/h5-13,16-17,22H,14-15,18-21H2,1-4H3. The maximum atomic E-state index is 13.5. The van der Waals surface area contributed by atoms with Gasteiger partial charge in [-0.3, -0.25) is 9.59 Å². The Morgan fingerprint density at radius 1 is 0.892 bits per heavy atom. The summed E-state index contributed by atoms with van der Waals surface area (Å²) in [6.07, 6.45) is 0.646. The van der Waals surface area contributed by atoms with Crippen LogP contribution in [-0.2, 0) is 22.6 Å². The molecule has 0 fully saturated rings. The Balaban J connectivity index is 1.70. The third-order valence-electron chi connectivity index (χ3n) is 5.77. The van der Waals surface area contributed by atoms with Crippen LogP contribution in [0.3, 0.4) is 0 Å². The number of methoxy groups -OCH3 is 2. The number of carbonyl (C=O) groups is 2. The van der Waals surface area contributed by atoms with Crippen molar-refractivity contribution in [2.45, 2.75) is 26.8 Å². The lowest BCUT2D eigenvalue weighted by atomic mass is 10.1. The molecule has 0 unspecified atom stereocenters. The summed E-state index contributed by atoms with van der Waals surface area (Å²) in [6, 6.07) is 19.0. The van der Waals surface area contributed by atoms with Gasteiger partial charge in [-0.1, -0.05) is 44.2 Å². The average molecular weight is 525 g/mol. The summed E-state index contributed by atoms with van der Waals surface area (Å²) < 4.78 is 16.4. The highest BCUT2D eigenvalue weighted by molar-refractivity contribution is 7.09. The predicted molar refractivity (Wildman–Crippen MR) is 146 cm³/mol. The van der Waals surface area contributed by atoms with E-state index in [2.05, 4.69) is 0 Å². The first-order valence-corrected chi connectivity index (χ1v) is 13.2. The molecule has 0 saturated carbocycles. The average Bonchev–Trinajstić information content (AvgIpc) is 3.42. The van der Waals surface area contributed by atoms with Gasteiger partial charge in [0.25, 0.3) is 5.91 Å². The van der Waals surface area contributed by atoms with Crippen LogP contribution in [0.25, 0.3) is 0 Å². The van der Waals surface area contributed by atoms with E-state index in [0.29, 0.717) is 43.3 Å². The van der Waals surface area contributed by atoms with Crippen LogP contribution >= 0.6 is 11.3 Å². The van der Waals surface area contributed by atoms with Crippen molar-refractivity contribution in [2.24, 2.45) is 5.92 Å². The first-order chi connectivity index (χ1) is 17.9. The monoisotopic (exact) mass is 524 g/mol. The van der Waals surface area contributed by atoms with Crippen molar-refractivity contribution in [1.29, 1.82) is 0 Å². The molecule has 0 aliphatic carbocycles. The molecule has 0 bridgehead atoms. The zero-order valence-corrected chi connectivity index (χ0v) is 22.8. The number of ether oxygens (including phenoxy) is 3. The molecule has 8 heteroatoms. The SMILES string of the molecule is COc1ccc(CCN(Cc2cccs2)C(=O)CN(CC(C)C)C(=O)COc2ccccc2)cc1OC. The van der Waals surface area contributed by atoms with E-state index >= 15 is 0 Å². The van der Waals surface area contributed by atoms with E-state index in [1.807, 2.05) is 84.8 Å². The number of thiophene rings is 1. The third kappa shape index (κ3) is 8.82. The Labute approximate surface area is 223 Å². The van der Waals surface area contributed by atoms with Crippen molar-refractivity contribution < 1.29 is 23.8 Å². The molecule has 3 rings (SSSR count). The second-order valence-corrected chi connectivity index (χ2v) is 10.1. The number of amides is 2. The fourth-order valence-corrected chi connectivity index (χ4v) is 4.61. The van der Waals surface area contributed by atoms with Crippen molar-refractivity contribution >= 4 is 23.2 Å². The second kappa shape index (κ2) is 14.3. The number of hydrogen-bond acceptors (Lipinski definition) is 6. The summed E-state index contributed by atoms with van der Waals surface area (Å²) in [7, 11) is 3.21. The van der Waals surface area contributed by atoms with Gasteiger partial charge in [0, 0.05) is 18.0 Å². The fraction of sp³-hybridized carbons (Fsp3) is 0.379. The van der Waals surface area contributed by atoms with Gasteiger partial charge in [0.2, 0.25) is 5.91 Å². The molecule has 37 heavy (non-hydrogen) atoms. The largest absolute Gasteiger partial charge is 0.493 e. The van der Waals surface area contributed by atoms with Crippen LogP contribution in [0.15, 0.2) is 66.0 Å². The number of nitrogens with zero attached hydrogens (tertiary/aromatic N) is 2. The molecule has 0 aliphatic heterocycles. The van der Waals surface area contributed by atoms with Crippen molar-refractivity contribution in [3.63, 3.8) is 0 Å². The molecule has 0 aliphatic rings. The zero-order valence-electron chi connectivity index (χ0n) is 22.0. The molecule has 7 nitrogen and oxygen atoms in total. The molecule has 0 N–H and O–H groups in total. The molecule has 0 spiro atoms. The third-order valence-corrected chi connectivity index (χ3v) is 6.63. The van der Waals surface area contributed by atoms with Crippen LogP contribution < -0.4 is 14.2 Å². The minimum atomic E-state index is -0.207. The molecule has 1 aromatic heterocycles. The second-order valence-electron chi connectivity index (χ2n) is 9.10. The number of rotatable bonds is 14. The Bertz CT molecular complexity index is 1120. The quantitative estimate of drug-likeness (QED) is 0.300. The van der Waals surface area contributed by atoms with Crippen LogP contribution in [0.1, 0.15) is 24.3 Å². The Morgan fingerprint density at radius 2 is 1.65 bits per heavy atom. The van der Waals surface area contributed by atoms with Crippen LogP contribution in [0.4, 0.5) is 0 Å². The van der Waals surface area contributed by atoms with E-state index in [-0.39, 0.29) is 30.9 Å². The first-order valence-electron chi connectivity index (χ1n) is 12.4. The highest BCUT2D eigenvalue weighted by Gasteiger charge is 2.23. The number of para-hydroxylation sites is 1. The molecule has 2 amide bonds.